The molecule has 0 bridgehead atoms. The highest BCUT2D eigenvalue weighted by Gasteiger charge is 2.12. The number of carbonyl (C=O) groups is 3. The van der Waals surface area contributed by atoms with Crippen LogP contribution in [0.2, 0.25) is 0 Å². The lowest BCUT2D eigenvalue weighted by Gasteiger charge is -2.07. The van der Waals surface area contributed by atoms with Crippen molar-refractivity contribution in [1.29, 1.82) is 0 Å². The molecule has 0 aromatic rings. The quantitative estimate of drug-likeness (QED) is 0.567. The summed E-state index contributed by atoms with van der Waals surface area (Å²) in [7, 11) is 1.38. The molecule has 0 aliphatic rings. The molecule has 0 spiro atoms. The fraction of sp³-hybridized carbons (Fsp3) is 0.625. The summed E-state index contributed by atoms with van der Waals surface area (Å²) in [6.07, 6.45) is -1.02. The van der Waals surface area contributed by atoms with Crippen LogP contribution in [0.5, 0.6) is 0 Å². The molecular formula is C8H14N2O5. The Labute approximate surface area is 86.8 Å². The second-order valence-electron chi connectivity index (χ2n) is 2.73. The highest BCUT2D eigenvalue weighted by atomic mass is 16.5. The Bertz CT molecular complexity index is 253. The first-order chi connectivity index (χ1) is 6.97. The first-order valence-corrected chi connectivity index (χ1v) is 4.33. The molecule has 0 unspecified atom stereocenters. The predicted octanol–water partition coefficient (Wildman–Crippen LogP) is -0.678. The molecular weight excluding hydrogens is 204 g/mol. The van der Waals surface area contributed by atoms with Gasteiger partial charge in [-0.1, -0.05) is 0 Å². The van der Waals surface area contributed by atoms with E-state index in [0.717, 1.165) is 0 Å². The fourth-order valence-corrected chi connectivity index (χ4v) is 0.651. The Balaban J connectivity index is 3.64. The van der Waals surface area contributed by atoms with Crippen LogP contribution in [0.1, 0.15) is 13.3 Å². The molecule has 1 atom stereocenters. The van der Waals surface area contributed by atoms with Crippen molar-refractivity contribution >= 4 is 17.9 Å². The molecule has 0 aliphatic carbocycles. The fourth-order valence-electron chi connectivity index (χ4n) is 0.651. The van der Waals surface area contributed by atoms with Crippen LogP contribution < -0.4 is 10.6 Å². The summed E-state index contributed by atoms with van der Waals surface area (Å²) < 4.78 is 4.80. The van der Waals surface area contributed by atoms with Crippen LogP contribution in [-0.4, -0.2) is 42.8 Å². The molecule has 15 heavy (non-hydrogen) atoms. The van der Waals surface area contributed by atoms with Gasteiger partial charge in [-0.2, -0.15) is 0 Å². The van der Waals surface area contributed by atoms with E-state index in [9.17, 15) is 14.4 Å². The van der Waals surface area contributed by atoms with E-state index in [-0.39, 0.29) is 13.0 Å². The van der Waals surface area contributed by atoms with Crippen molar-refractivity contribution in [3.05, 3.63) is 0 Å². The van der Waals surface area contributed by atoms with Gasteiger partial charge in [0.1, 0.15) is 0 Å². The van der Waals surface area contributed by atoms with Gasteiger partial charge in [-0.25, -0.2) is 9.59 Å². The monoisotopic (exact) mass is 218 g/mol. The van der Waals surface area contributed by atoms with E-state index in [1.165, 1.54) is 14.0 Å². The van der Waals surface area contributed by atoms with Crippen molar-refractivity contribution < 1.29 is 24.2 Å². The second kappa shape index (κ2) is 6.77. The minimum absolute atomic E-state index is 0.0453. The van der Waals surface area contributed by atoms with Crippen LogP contribution in [0.4, 0.5) is 4.79 Å². The SMILES string of the molecule is CNC(=O)NC(=O)CCO[C@H](C)C(=O)O. The van der Waals surface area contributed by atoms with Crippen LogP contribution in [0.15, 0.2) is 0 Å². The van der Waals surface area contributed by atoms with E-state index in [1.807, 2.05) is 5.32 Å². The molecule has 0 aliphatic heterocycles. The van der Waals surface area contributed by atoms with Crippen LogP contribution >= 0.6 is 0 Å². The number of urea groups is 1. The average molecular weight is 218 g/mol. The molecule has 0 heterocycles. The third kappa shape index (κ3) is 6.44. The van der Waals surface area contributed by atoms with Crippen LogP contribution in [0.25, 0.3) is 0 Å². The van der Waals surface area contributed by atoms with Gasteiger partial charge in [-0.05, 0) is 6.92 Å². The molecule has 0 aromatic heterocycles. The van der Waals surface area contributed by atoms with Gasteiger partial charge in [0, 0.05) is 7.05 Å². The lowest BCUT2D eigenvalue weighted by atomic mass is 10.4. The maximum Gasteiger partial charge on any atom is 0.332 e. The lowest BCUT2D eigenvalue weighted by molar-refractivity contribution is -0.149. The Morgan fingerprint density at radius 1 is 1.40 bits per heavy atom. The van der Waals surface area contributed by atoms with Gasteiger partial charge >= 0.3 is 12.0 Å². The minimum atomic E-state index is -1.10. The number of aliphatic carboxylic acids is 1. The van der Waals surface area contributed by atoms with Crippen molar-refractivity contribution in [2.75, 3.05) is 13.7 Å². The van der Waals surface area contributed by atoms with E-state index < -0.39 is 24.0 Å². The number of carbonyl (C=O) groups excluding carboxylic acids is 2. The Kier molecular flexibility index (Phi) is 6.03. The number of hydrogen-bond acceptors (Lipinski definition) is 4. The summed E-state index contributed by atoms with van der Waals surface area (Å²) >= 11 is 0. The number of rotatable bonds is 5. The molecule has 7 nitrogen and oxygen atoms in total. The number of carboxylic acids is 1. The highest BCUT2D eigenvalue weighted by molar-refractivity contribution is 5.94. The molecule has 86 valence electrons. The van der Waals surface area contributed by atoms with Crippen LogP contribution in [-0.2, 0) is 14.3 Å². The smallest absolute Gasteiger partial charge is 0.332 e. The standard InChI is InChI=1S/C8H14N2O5/c1-5(7(12)13)15-4-3-6(11)10-8(14)9-2/h5H,3-4H2,1-2H3,(H,12,13)(H2,9,10,11,14)/t5-/m1/s1. The lowest BCUT2D eigenvalue weighted by Crippen LogP contribution is -2.38. The molecule has 0 saturated carbocycles. The first kappa shape index (κ1) is 13.4. The van der Waals surface area contributed by atoms with Crippen molar-refractivity contribution in [2.24, 2.45) is 0 Å². The van der Waals surface area contributed by atoms with Gasteiger partial charge in [-0.15, -0.1) is 0 Å². The summed E-state index contributed by atoms with van der Waals surface area (Å²) in [5.41, 5.74) is 0. The number of imide groups is 1. The Hall–Kier alpha value is -1.63. The average Bonchev–Trinajstić information content (AvgIpc) is 2.17. The third-order valence-electron chi connectivity index (χ3n) is 1.52. The normalized spacial score (nSPS) is 11.6. The zero-order valence-electron chi connectivity index (χ0n) is 8.57. The highest BCUT2D eigenvalue weighted by Crippen LogP contribution is 1.92. The van der Waals surface area contributed by atoms with Gasteiger partial charge in [0.15, 0.2) is 6.10 Å². The van der Waals surface area contributed by atoms with Crippen LogP contribution in [0, 0.1) is 0 Å². The van der Waals surface area contributed by atoms with E-state index in [4.69, 9.17) is 9.84 Å². The minimum Gasteiger partial charge on any atom is -0.479 e. The molecule has 0 aromatic carbocycles. The van der Waals surface area contributed by atoms with Gasteiger partial charge < -0.3 is 15.2 Å². The van der Waals surface area contributed by atoms with Gasteiger partial charge in [0.05, 0.1) is 13.0 Å². The summed E-state index contributed by atoms with van der Waals surface area (Å²) in [6, 6.07) is -0.605. The largest absolute Gasteiger partial charge is 0.479 e. The number of hydrogen-bond donors (Lipinski definition) is 3. The van der Waals surface area contributed by atoms with Gasteiger partial charge in [0.2, 0.25) is 5.91 Å². The van der Waals surface area contributed by atoms with Crippen LogP contribution in [0.3, 0.4) is 0 Å². The maximum absolute atomic E-state index is 11.0. The third-order valence-corrected chi connectivity index (χ3v) is 1.52. The molecule has 0 saturated heterocycles. The zero-order chi connectivity index (χ0) is 11.8. The van der Waals surface area contributed by atoms with Crippen molar-refractivity contribution in [1.82, 2.24) is 10.6 Å². The number of carboxylic acid groups (broad SMARTS) is 1. The first-order valence-electron chi connectivity index (χ1n) is 4.33. The van der Waals surface area contributed by atoms with E-state index in [0.29, 0.717) is 0 Å². The number of amides is 3. The molecule has 0 radical (unpaired) electrons. The maximum atomic E-state index is 11.0. The van der Waals surface area contributed by atoms with E-state index in [1.54, 1.807) is 0 Å². The summed E-state index contributed by atoms with van der Waals surface area (Å²) in [5, 5.41) is 12.7. The Morgan fingerprint density at radius 2 is 2.00 bits per heavy atom. The molecule has 3 amide bonds. The van der Waals surface area contributed by atoms with Gasteiger partial charge in [-0.3, -0.25) is 10.1 Å². The van der Waals surface area contributed by atoms with Crippen molar-refractivity contribution in [2.45, 2.75) is 19.4 Å². The predicted molar refractivity (Wildman–Crippen MR) is 50.3 cm³/mol. The number of ether oxygens (including phenoxy) is 1. The van der Waals surface area contributed by atoms with E-state index >= 15 is 0 Å². The van der Waals surface area contributed by atoms with Crippen molar-refractivity contribution in [3.8, 4) is 0 Å². The van der Waals surface area contributed by atoms with Gasteiger partial charge in [0.25, 0.3) is 0 Å². The molecule has 3 N–H and O–H groups in total. The van der Waals surface area contributed by atoms with Crippen molar-refractivity contribution in [3.63, 3.8) is 0 Å². The topological polar surface area (TPSA) is 105 Å². The molecule has 0 fully saturated rings. The molecule has 7 heteroatoms. The summed E-state index contributed by atoms with van der Waals surface area (Å²) in [6.45, 7) is 1.31. The number of nitrogens with one attached hydrogen (secondary N) is 2. The zero-order valence-corrected chi connectivity index (χ0v) is 8.57. The van der Waals surface area contributed by atoms with E-state index in [2.05, 4.69) is 5.32 Å². The summed E-state index contributed by atoms with van der Waals surface area (Å²) in [5.74, 6) is -1.62. The molecule has 0 rings (SSSR count). The summed E-state index contributed by atoms with van der Waals surface area (Å²) in [4.78, 5) is 31.9. The second-order valence-corrected chi connectivity index (χ2v) is 2.73. The Morgan fingerprint density at radius 3 is 2.47 bits per heavy atom.